The van der Waals surface area contributed by atoms with Gasteiger partial charge < -0.3 is 0 Å². The summed E-state index contributed by atoms with van der Waals surface area (Å²) >= 11 is 7.24. The van der Waals surface area contributed by atoms with E-state index in [2.05, 4.69) is 16.4 Å². The Balaban J connectivity index is 1.86. The van der Waals surface area contributed by atoms with Crippen molar-refractivity contribution in [3.63, 3.8) is 0 Å². The third kappa shape index (κ3) is 3.87. The fourth-order valence-corrected chi connectivity index (χ4v) is 3.63. The zero-order valence-electron chi connectivity index (χ0n) is 13.6. The van der Waals surface area contributed by atoms with Crippen molar-refractivity contribution in [1.82, 2.24) is 4.98 Å². The first kappa shape index (κ1) is 17.2. The Labute approximate surface area is 154 Å². The Morgan fingerprint density at radius 3 is 2.68 bits per heavy atom. The predicted octanol–water partition coefficient (Wildman–Crippen LogP) is 5.11. The van der Waals surface area contributed by atoms with Crippen LogP contribution in [0.2, 0.25) is 5.02 Å². The maximum Gasteiger partial charge on any atom is 0.268 e. The molecule has 4 nitrogen and oxygen atoms in total. The Hall–Kier alpha value is -2.68. The topological polar surface area (TPSA) is 65.8 Å². The van der Waals surface area contributed by atoms with E-state index in [1.54, 1.807) is 24.3 Å². The average molecular weight is 368 g/mol. The monoisotopic (exact) mass is 367 g/mol. The summed E-state index contributed by atoms with van der Waals surface area (Å²) in [6, 6.07) is 12.9. The number of fused-ring (bicyclic) bond motifs is 1. The molecule has 1 amide bonds. The average Bonchev–Trinajstić information content (AvgIpc) is 2.96. The number of thiazole rings is 1. The van der Waals surface area contributed by atoms with E-state index in [1.807, 2.05) is 26.0 Å². The van der Waals surface area contributed by atoms with Crippen molar-refractivity contribution in [1.29, 1.82) is 5.26 Å². The molecule has 0 aliphatic carbocycles. The minimum atomic E-state index is -0.481. The van der Waals surface area contributed by atoms with Gasteiger partial charge in [0.1, 0.15) is 11.6 Å². The number of halogens is 1. The second-order valence-electron chi connectivity index (χ2n) is 5.62. The lowest BCUT2D eigenvalue weighted by Crippen LogP contribution is -2.13. The number of rotatable bonds is 3. The van der Waals surface area contributed by atoms with Crippen LogP contribution in [0.5, 0.6) is 0 Å². The largest absolute Gasteiger partial charge is 0.297 e. The summed E-state index contributed by atoms with van der Waals surface area (Å²) in [5, 5.41) is 13.1. The number of nitrogens with zero attached hydrogens (tertiary/aromatic N) is 2. The lowest BCUT2D eigenvalue weighted by molar-refractivity contribution is -0.112. The summed E-state index contributed by atoms with van der Waals surface area (Å²) in [6.45, 7) is 4.01. The third-order valence-corrected chi connectivity index (χ3v) is 4.77. The minimum absolute atomic E-state index is 0.00878. The van der Waals surface area contributed by atoms with Crippen molar-refractivity contribution < 1.29 is 4.79 Å². The second-order valence-corrected chi connectivity index (χ2v) is 7.09. The number of carbonyl (C=O) groups excluding carboxylic acids is 1. The van der Waals surface area contributed by atoms with E-state index in [9.17, 15) is 10.1 Å². The van der Waals surface area contributed by atoms with Crippen LogP contribution in [0.3, 0.4) is 0 Å². The Morgan fingerprint density at radius 2 is 2.00 bits per heavy atom. The van der Waals surface area contributed by atoms with E-state index in [1.165, 1.54) is 17.4 Å². The molecule has 0 aliphatic heterocycles. The quantitative estimate of drug-likeness (QED) is 0.516. The van der Waals surface area contributed by atoms with Crippen molar-refractivity contribution in [3.05, 3.63) is 63.7 Å². The molecule has 0 saturated heterocycles. The number of nitriles is 1. The highest BCUT2D eigenvalue weighted by molar-refractivity contribution is 7.22. The van der Waals surface area contributed by atoms with E-state index >= 15 is 0 Å². The number of hydrogen-bond donors (Lipinski definition) is 1. The van der Waals surface area contributed by atoms with E-state index in [-0.39, 0.29) is 5.57 Å². The van der Waals surface area contributed by atoms with Crippen LogP contribution in [-0.4, -0.2) is 10.9 Å². The van der Waals surface area contributed by atoms with Crippen LogP contribution >= 0.6 is 22.9 Å². The van der Waals surface area contributed by atoms with Gasteiger partial charge in [0, 0.05) is 5.02 Å². The van der Waals surface area contributed by atoms with Gasteiger partial charge in [-0.3, -0.25) is 10.1 Å². The summed E-state index contributed by atoms with van der Waals surface area (Å²) in [7, 11) is 0. The van der Waals surface area contributed by atoms with Gasteiger partial charge in [-0.05, 0) is 54.8 Å². The molecule has 0 atom stereocenters. The lowest BCUT2D eigenvalue weighted by atomic mass is 10.1. The number of carbonyl (C=O) groups is 1. The standard InChI is InChI=1S/C19H14ClN3OS/c1-11-7-12(2)17-16(8-11)25-19(22-17)23-18(24)14(10-21)9-13-3-5-15(20)6-4-13/h3-9H,1-2H3,(H,22,23,24)/b14-9+. The number of benzene rings is 2. The van der Waals surface area contributed by atoms with E-state index in [0.29, 0.717) is 10.2 Å². The molecule has 1 N–H and O–H groups in total. The molecule has 6 heteroatoms. The fourth-order valence-electron chi connectivity index (χ4n) is 2.46. The van der Waals surface area contributed by atoms with Crippen molar-refractivity contribution in [2.75, 3.05) is 5.32 Å². The minimum Gasteiger partial charge on any atom is -0.297 e. The molecule has 0 bridgehead atoms. The molecule has 0 radical (unpaired) electrons. The fraction of sp³-hybridized carbons (Fsp3) is 0.105. The summed E-state index contributed by atoms with van der Waals surface area (Å²) < 4.78 is 1.01. The van der Waals surface area contributed by atoms with Crippen LogP contribution in [0, 0.1) is 25.2 Å². The van der Waals surface area contributed by atoms with E-state index < -0.39 is 5.91 Å². The summed E-state index contributed by atoms with van der Waals surface area (Å²) in [5.41, 5.74) is 3.81. The summed E-state index contributed by atoms with van der Waals surface area (Å²) in [6.07, 6.45) is 1.52. The highest BCUT2D eigenvalue weighted by Gasteiger charge is 2.13. The number of amides is 1. The van der Waals surface area contributed by atoms with Crippen molar-refractivity contribution in [3.8, 4) is 6.07 Å². The van der Waals surface area contributed by atoms with Crippen LogP contribution < -0.4 is 5.32 Å². The maximum absolute atomic E-state index is 12.4. The molecule has 0 unspecified atom stereocenters. The molecule has 1 aromatic heterocycles. The zero-order valence-corrected chi connectivity index (χ0v) is 15.2. The molecular weight excluding hydrogens is 354 g/mol. The highest BCUT2D eigenvalue weighted by Crippen LogP contribution is 2.29. The van der Waals surface area contributed by atoms with Gasteiger partial charge in [0.25, 0.3) is 5.91 Å². The highest BCUT2D eigenvalue weighted by atomic mass is 35.5. The summed E-state index contributed by atoms with van der Waals surface area (Å²) in [5.74, 6) is -0.481. The predicted molar refractivity (Wildman–Crippen MR) is 103 cm³/mol. The van der Waals surface area contributed by atoms with Gasteiger partial charge in [0.2, 0.25) is 0 Å². The zero-order chi connectivity index (χ0) is 18.0. The van der Waals surface area contributed by atoms with E-state index in [0.717, 1.165) is 26.9 Å². The number of nitrogens with one attached hydrogen (secondary N) is 1. The first-order chi connectivity index (χ1) is 12.0. The van der Waals surface area contributed by atoms with Gasteiger partial charge in [0.05, 0.1) is 10.2 Å². The van der Waals surface area contributed by atoms with Crippen molar-refractivity contribution >= 4 is 50.3 Å². The van der Waals surface area contributed by atoms with Crippen LogP contribution in [0.1, 0.15) is 16.7 Å². The SMILES string of the molecule is Cc1cc(C)c2nc(NC(=O)/C(C#N)=C/c3ccc(Cl)cc3)sc2c1. The van der Waals surface area contributed by atoms with Crippen molar-refractivity contribution in [2.24, 2.45) is 0 Å². The first-order valence-corrected chi connectivity index (χ1v) is 8.72. The van der Waals surface area contributed by atoms with E-state index in [4.69, 9.17) is 11.6 Å². The number of aryl methyl sites for hydroxylation is 2. The number of aromatic nitrogens is 1. The Kier molecular flexibility index (Phi) is 4.84. The third-order valence-electron chi connectivity index (χ3n) is 3.60. The number of anilines is 1. The van der Waals surface area contributed by atoms with Crippen LogP contribution in [0.4, 0.5) is 5.13 Å². The molecular formula is C19H14ClN3OS. The molecule has 124 valence electrons. The Bertz CT molecular complexity index is 1030. The molecule has 0 fully saturated rings. The van der Waals surface area contributed by atoms with Gasteiger partial charge in [-0.1, -0.05) is 41.1 Å². The Morgan fingerprint density at radius 1 is 1.28 bits per heavy atom. The molecule has 2 aromatic carbocycles. The van der Waals surface area contributed by atoms with Crippen LogP contribution in [0.25, 0.3) is 16.3 Å². The molecule has 0 spiro atoms. The molecule has 25 heavy (non-hydrogen) atoms. The van der Waals surface area contributed by atoms with Crippen LogP contribution in [0.15, 0.2) is 42.0 Å². The van der Waals surface area contributed by atoms with Gasteiger partial charge in [-0.15, -0.1) is 0 Å². The van der Waals surface area contributed by atoms with Gasteiger partial charge in [-0.25, -0.2) is 4.98 Å². The lowest BCUT2D eigenvalue weighted by Gasteiger charge is -2.00. The molecule has 0 saturated carbocycles. The van der Waals surface area contributed by atoms with Gasteiger partial charge in [-0.2, -0.15) is 5.26 Å². The smallest absolute Gasteiger partial charge is 0.268 e. The van der Waals surface area contributed by atoms with Crippen LogP contribution in [-0.2, 0) is 4.79 Å². The number of hydrogen-bond acceptors (Lipinski definition) is 4. The molecule has 0 aliphatic rings. The normalized spacial score (nSPS) is 11.4. The van der Waals surface area contributed by atoms with Gasteiger partial charge in [0.15, 0.2) is 5.13 Å². The van der Waals surface area contributed by atoms with Gasteiger partial charge >= 0.3 is 0 Å². The summed E-state index contributed by atoms with van der Waals surface area (Å²) in [4.78, 5) is 16.8. The first-order valence-electron chi connectivity index (χ1n) is 7.53. The molecule has 1 heterocycles. The maximum atomic E-state index is 12.4. The molecule has 3 rings (SSSR count). The molecule has 3 aromatic rings. The van der Waals surface area contributed by atoms with Crippen molar-refractivity contribution in [2.45, 2.75) is 13.8 Å². The second kappa shape index (κ2) is 7.06.